The van der Waals surface area contributed by atoms with Crippen molar-refractivity contribution in [2.24, 2.45) is 0 Å². The molecule has 11 heteroatoms. The number of pyridine rings is 1. The number of carbonyl (C=O) groups excluding carboxylic acids is 1. The maximum absolute atomic E-state index is 13.4. The van der Waals surface area contributed by atoms with Gasteiger partial charge in [-0.3, -0.25) is 9.78 Å². The van der Waals surface area contributed by atoms with E-state index in [2.05, 4.69) is 39.0 Å². The quantitative estimate of drug-likeness (QED) is 0.141. The van der Waals surface area contributed by atoms with Crippen LogP contribution >= 0.6 is 11.6 Å². The van der Waals surface area contributed by atoms with Gasteiger partial charge in [-0.2, -0.15) is 5.26 Å². The summed E-state index contributed by atoms with van der Waals surface area (Å²) < 4.78 is 18.0. The Balaban J connectivity index is 1.28. The minimum atomic E-state index is -0.231. The molecule has 0 saturated carbocycles. The third-order valence-electron chi connectivity index (χ3n) is 8.74. The molecule has 3 heterocycles. The second kappa shape index (κ2) is 16.1. The lowest BCUT2D eigenvalue weighted by Gasteiger charge is -2.30. The first-order valence-electron chi connectivity index (χ1n) is 16.7. The molecule has 0 spiro atoms. The molecule has 4 aromatic rings. The summed E-state index contributed by atoms with van der Waals surface area (Å²) in [4.78, 5) is 20.3. The zero-order valence-corrected chi connectivity index (χ0v) is 28.6. The maximum atomic E-state index is 13.4. The third-order valence-corrected chi connectivity index (χ3v) is 9.04. The summed E-state index contributed by atoms with van der Waals surface area (Å²) in [5.41, 5.74) is 4.64. The Morgan fingerprint density at radius 2 is 1.82 bits per heavy atom. The Kier molecular flexibility index (Phi) is 11.2. The van der Waals surface area contributed by atoms with Crippen molar-refractivity contribution in [1.29, 1.82) is 5.26 Å². The summed E-state index contributed by atoms with van der Waals surface area (Å²) in [5.74, 6) is 1.67. The summed E-state index contributed by atoms with van der Waals surface area (Å²) in [5, 5.41) is 20.9. The van der Waals surface area contributed by atoms with Gasteiger partial charge >= 0.3 is 0 Å². The number of nitriles is 1. The number of carbonyl (C=O) groups is 1. The largest absolute Gasteiger partial charge is 0.494 e. The highest BCUT2D eigenvalue weighted by Crippen LogP contribution is 2.40. The van der Waals surface area contributed by atoms with Gasteiger partial charge in [0.2, 0.25) is 5.91 Å². The fourth-order valence-electron chi connectivity index (χ4n) is 6.05. The van der Waals surface area contributed by atoms with Gasteiger partial charge in [-0.1, -0.05) is 29.3 Å². The van der Waals surface area contributed by atoms with Crippen LogP contribution in [0.5, 0.6) is 17.2 Å². The van der Waals surface area contributed by atoms with Crippen LogP contribution in [-0.2, 0) is 11.4 Å². The minimum absolute atomic E-state index is 0.0142. The van der Waals surface area contributed by atoms with Crippen molar-refractivity contribution in [3.8, 4) is 23.3 Å². The fraction of sp³-hybridized carbons (Fsp3) is 0.342. The smallest absolute Gasteiger partial charge is 0.248 e. The second-order valence-electron chi connectivity index (χ2n) is 12.3. The van der Waals surface area contributed by atoms with Crippen LogP contribution in [-0.4, -0.2) is 61.7 Å². The van der Waals surface area contributed by atoms with Gasteiger partial charge in [-0.15, -0.1) is 0 Å². The molecular formula is C38H41ClN6O4. The van der Waals surface area contributed by atoms with Gasteiger partial charge in [0.15, 0.2) is 0 Å². The summed E-state index contributed by atoms with van der Waals surface area (Å²) in [7, 11) is 2.11. The highest BCUT2D eigenvalue weighted by Gasteiger charge is 2.23. The fourth-order valence-corrected chi connectivity index (χ4v) is 6.29. The molecule has 2 aliphatic heterocycles. The number of ether oxygens (including phenoxy) is 3. The van der Waals surface area contributed by atoms with Crippen molar-refractivity contribution in [3.63, 3.8) is 0 Å². The van der Waals surface area contributed by atoms with Gasteiger partial charge < -0.3 is 35.1 Å². The van der Waals surface area contributed by atoms with Crippen LogP contribution in [0.4, 0.5) is 17.1 Å². The number of aromatic nitrogens is 1. The molecule has 0 aliphatic carbocycles. The van der Waals surface area contributed by atoms with E-state index in [9.17, 15) is 10.1 Å². The number of piperidine rings is 2. The van der Waals surface area contributed by atoms with Gasteiger partial charge in [0.25, 0.3) is 0 Å². The van der Waals surface area contributed by atoms with Crippen molar-refractivity contribution in [2.45, 2.75) is 45.3 Å². The number of fused-ring (bicyclic) bond motifs is 1. The molecule has 254 valence electrons. The Bertz CT molecular complexity index is 1860. The molecule has 3 N–H and O–H groups in total. The van der Waals surface area contributed by atoms with Crippen LogP contribution in [0, 0.1) is 11.3 Å². The van der Waals surface area contributed by atoms with Crippen molar-refractivity contribution in [1.82, 2.24) is 15.2 Å². The third kappa shape index (κ3) is 8.62. The average molecular weight is 681 g/mol. The van der Waals surface area contributed by atoms with E-state index >= 15 is 0 Å². The van der Waals surface area contributed by atoms with Crippen molar-refractivity contribution >= 4 is 45.5 Å². The predicted molar refractivity (Wildman–Crippen MR) is 193 cm³/mol. The average Bonchev–Trinajstić information content (AvgIpc) is 3.11. The molecule has 0 radical (unpaired) electrons. The summed E-state index contributed by atoms with van der Waals surface area (Å²) in [6.07, 6.45) is 6.63. The monoisotopic (exact) mass is 680 g/mol. The van der Waals surface area contributed by atoms with Gasteiger partial charge in [-0.25, -0.2) is 0 Å². The van der Waals surface area contributed by atoms with E-state index in [1.807, 2.05) is 49.4 Å². The highest BCUT2D eigenvalue weighted by atomic mass is 35.5. The molecule has 0 atom stereocenters. The molecule has 6 rings (SSSR count). The summed E-state index contributed by atoms with van der Waals surface area (Å²) in [6.45, 7) is 6.48. The molecule has 3 aromatic carbocycles. The van der Waals surface area contributed by atoms with E-state index in [4.69, 9.17) is 25.8 Å². The Labute approximate surface area is 292 Å². The zero-order valence-electron chi connectivity index (χ0n) is 27.9. The van der Waals surface area contributed by atoms with Crippen LogP contribution < -0.4 is 30.2 Å². The number of rotatable bonds is 11. The SMILES string of the molecule is CCOc1ccc(COc2ccc(Nc3c(C#N)cnc4c(NC(=O)C=C5CCNCC5)c(OC5CCN(C)CC5)ccc34)cc2Cl)cc1. The number of benzene rings is 3. The lowest BCUT2D eigenvalue weighted by molar-refractivity contribution is -0.112. The van der Waals surface area contributed by atoms with E-state index < -0.39 is 0 Å². The first-order valence-corrected chi connectivity index (χ1v) is 17.1. The topological polar surface area (TPSA) is 121 Å². The van der Waals surface area contributed by atoms with Crippen LogP contribution in [0.1, 0.15) is 43.7 Å². The van der Waals surface area contributed by atoms with Crippen LogP contribution in [0.2, 0.25) is 5.02 Å². The minimum Gasteiger partial charge on any atom is -0.494 e. The van der Waals surface area contributed by atoms with Crippen LogP contribution in [0.25, 0.3) is 10.9 Å². The number of hydrogen-bond donors (Lipinski definition) is 3. The number of hydrogen-bond acceptors (Lipinski definition) is 9. The molecule has 1 aromatic heterocycles. The first kappa shape index (κ1) is 34.1. The molecular weight excluding hydrogens is 640 g/mol. The van der Waals surface area contributed by atoms with E-state index in [0.717, 1.165) is 68.7 Å². The number of likely N-dealkylation sites (tertiary alicyclic amines) is 1. The van der Waals surface area contributed by atoms with Crippen molar-refractivity contribution < 1.29 is 19.0 Å². The molecule has 2 fully saturated rings. The Morgan fingerprint density at radius 1 is 1.06 bits per heavy atom. The summed E-state index contributed by atoms with van der Waals surface area (Å²) >= 11 is 6.67. The number of halogens is 1. The molecule has 1 amide bonds. The number of nitrogens with zero attached hydrogens (tertiary/aromatic N) is 3. The number of anilines is 3. The maximum Gasteiger partial charge on any atom is 0.248 e. The number of nitrogens with one attached hydrogen (secondary N) is 3. The molecule has 10 nitrogen and oxygen atoms in total. The second-order valence-corrected chi connectivity index (χ2v) is 12.7. The Morgan fingerprint density at radius 3 is 2.53 bits per heavy atom. The first-order chi connectivity index (χ1) is 23.9. The van der Waals surface area contributed by atoms with Crippen LogP contribution in [0.3, 0.4) is 0 Å². The predicted octanol–water partition coefficient (Wildman–Crippen LogP) is 7.20. The molecule has 0 bridgehead atoms. The lowest BCUT2D eigenvalue weighted by Crippen LogP contribution is -2.35. The van der Waals surface area contributed by atoms with E-state index in [1.165, 1.54) is 6.20 Å². The zero-order chi connectivity index (χ0) is 34.2. The highest BCUT2D eigenvalue weighted by molar-refractivity contribution is 6.32. The summed E-state index contributed by atoms with van der Waals surface area (Å²) in [6, 6.07) is 19.1. The van der Waals surface area contributed by atoms with Crippen LogP contribution in [0.15, 0.2) is 72.4 Å². The molecule has 0 unspecified atom stereocenters. The van der Waals surface area contributed by atoms with E-state index in [0.29, 0.717) is 63.3 Å². The number of amides is 1. The van der Waals surface area contributed by atoms with Gasteiger partial charge in [-0.05, 0) is 101 Å². The van der Waals surface area contributed by atoms with E-state index in [-0.39, 0.29) is 12.0 Å². The van der Waals surface area contributed by atoms with Gasteiger partial charge in [0, 0.05) is 36.4 Å². The standard InChI is InChI=1S/C38H41ClN6O4/c1-3-47-29-7-4-26(5-8-29)24-48-33-10-6-28(21-32(33)39)43-36-27(22-40)23-42-37-31(36)9-11-34(49-30-14-18-45(2)19-15-30)38(37)44-35(46)20-25-12-16-41-17-13-25/h4-11,20-21,23,30,41H,3,12-19,24H2,1-2H3,(H,42,43)(H,44,46). The van der Waals surface area contributed by atoms with Gasteiger partial charge in [0.1, 0.15) is 41.7 Å². The molecule has 2 saturated heterocycles. The van der Waals surface area contributed by atoms with Gasteiger partial charge in [0.05, 0.1) is 28.4 Å². The van der Waals surface area contributed by atoms with Crippen molar-refractivity contribution in [2.75, 3.05) is 50.5 Å². The molecule has 2 aliphatic rings. The molecule has 49 heavy (non-hydrogen) atoms. The normalized spacial score (nSPS) is 15.3. The van der Waals surface area contributed by atoms with Crippen molar-refractivity contribution in [3.05, 3.63) is 88.6 Å². The van der Waals surface area contributed by atoms with E-state index in [1.54, 1.807) is 18.2 Å². The Hall–Kier alpha value is -4.82. The lowest BCUT2D eigenvalue weighted by atomic mass is 10.0.